The second-order valence-electron chi connectivity index (χ2n) is 6.83. The minimum atomic E-state index is -4.40. The van der Waals surface area contributed by atoms with Crippen molar-refractivity contribution in [1.82, 2.24) is 4.31 Å². The predicted octanol–water partition coefficient (Wildman–Crippen LogP) is 4.17. The number of alkyl halides is 3. The Balaban J connectivity index is 1.69. The standard InChI is InChI=1S/C20H23F3N2O2S/c1-2-4-16-7-9-19(10-8-16)28(26,27)25-13-11-24(12-14-25)18-6-3-5-17(15-18)20(21,22)23/h3,5-10,15H,2,4,11-14H2,1H3. The topological polar surface area (TPSA) is 40.6 Å². The van der Waals surface area contributed by atoms with Gasteiger partial charge >= 0.3 is 6.18 Å². The summed E-state index contributed by atoms with van der Waals surface area (Å²) in [5.41, 5.74) is 0.846. The highest BCUT2D eigenvalue weighted by Crippen LogP contribution is 2.32. The zero-order valence-corrected chi connectivity index (χ0v) is 16.4. The second kappa shape index (κ2) is 8.13. The summed E-state index contributed by atoms with van der Waals surface area (Å²) in [7, 11) is -3.60. The molecule has 0 spiro atoms. The van der Waals surface area contributed by atoms with Crippen LogP contribution in [-0.2, 0) is 22.6 Å². The van der Waals surface area contributed by atoms with Gasteiger partial charge in [0.2, 0.25) is 10.0 Å². The van der Waals surface area contributed by atoms with Crippen LogP contribution in [0.2, 0.25) is 0 Å². The van der Waals surface area contributed by atoms with Gasteiger partial charge in [-0.2, -0.15) is 17.5 Å². The fourth-order valence-corrected chi connectivity index (χ4v) is 4.75. The molecule has 8 heteroatoms. The number of hydrogen-bond donors (Lipinski definition) is 0. The first-order valence-electron chi connectivity index (χ1n) is 9.23. The monoisotopic (exact) mass is 412 g/mol. The molecule has 0 radical (unpaired) electrons. The third-order valence-corrected chi connectivity index (χ3v) is 6.79. The van der Waals surface area contributed by atoms with Crippen molar-refractivity contribution in [3.8, 4) is 0 Å². The number of benzene rings is 2. The fraction of sp³-hybridized carbons (Fsp3) is 0.400. The summed E-state index contributed by atoms with van der Waals surface area (Å²) in [6, 6.07) is 12.0. The van der Waals surface area contributed by atoms with Gasteiger partial charge in [-0.05, 0) is 42.3 Å². The minimum Gasteiger partial charge on any atom is -0.369 e. The SMILES string of the molecule is CCCc1ccc(S(=O)(=O)N2CCN(c3cccc(C(F)(F)F)c3)CC2)cc1. The number of sulfonamides is 1. The summed E-state index contributed by atoms with van der Waals surface area (Å²) in [4.78, 5) is 2.03. The summed E-state index contributed by atoms with van der Waals surface area (Å²) in [6.07, 6.45) is -2.51. The molecule has 0 bridgehead atoms. The zero-order valence-electron chi connectivity index (χ0n) is 15.6. The van der Waals surface area contributed by atoms with E-state index in [-0.39, 0.29) is 18.0 Å². The maximum atomic E-state index is 12.9. The van der Waals surface area contributed by atoms with E-state index in [0.717, 1.165) is 30.5 Å². The lowest BCUT2D eigenvalue weighted by Gasteiger charge is -2.35. The Morgan fingerprint density at radius 3 is 2.18 bits per heavy atom. The van der Waals surface area contributed by atoms with Crippen molar-refractivity contribution in [2.24, 2.45) is 0 Å². The van der Waals surface area contributed by atoms with E-state index in [1.54, 1.807) is 23.1 Å². The molecule has 3 rings (SSSR count). The van der Waals surface area contributed by atoms with E-state index >= 15 is 0 Å². The van der Waals surface area contributed by atoms with Crippen LogP contribution in [0.3, 0.4) is 0 Å². The Hall–Kier alpha value is -2.06. The molecule has 1 aliphatic rings. The van der Waals surface area contributed by atoms with Crippen molar-refractivity contribution in [2.75, 3.05) is 31.1 Å². The van der Waals surface area contributed by atoms with Crippen molar-refractivity contribution >= 4 is 15.7 Å². The van der Waals surface area contributed by atoms with E-state index in [1.165, 1.54) is 10.4 Å². The number of halogens is 3. The Kier molecular flexibility index (Phi) is 6.00. The van der Waals surface area contributed by atoms with E-state index in [1.807, 2.05) is 12.1 Å². The van der Waals surface area contributed by atoms with Gasteiger partial charge in [-0.3, -0.25) is 0 Å². The molecule has 1 saturated heterocycles. The van der Waals surface area contributed by atoms with Gasteiger partial charge in [-0.1, -0.05) is 31.5 Å². The number of nitrogens with zero attached hydrogens (tertiary/aromatic N) is 2. The van der Waals surface area contributed by atoms with Crippen LogP contribution < -0.4 is 4.90 Å². The highest BCUT2D eigenvalue weighted by Gasteiger charge is 2.32. The molecule has 0 atom stereocenters. The first-order chi connectivity index (χ1) is 13.2. The van der Waals surface area contributed by atoms with Crippen LogP contribution in [0.15, 0.2) is 53.4 Å². The second-order valence-corrected chi connectivity index (χ2v) is 8.77. The minimum absolute atomic E-state index is 0.231. The lowest BCUT2D eigenvalue weighted by Crippen LogP contribution is -2.48. The van der Waals surface area contributed by atoms with E-state index in [4.69, 9.17) is 0 Å². The Labute approximate surface area is 163 Å². The highest BCUT2D eigenvalue weighted by molar-refractivity contribution is 7.89. The van der Waals surface area contributed by atoms with Gasteiger partial charge in [0.05, 0.1) is 10.5 Å². The summed E-state index contributed by atoms with van der Waals surface area (Å²) in [5.74, 6) is 0. The zero-order chi connectivity index (χ0) is 20.4. The lowest BCUT2D eigenvalue weighted by molar-refractivity contribution is -0.137. The van der Waals surface area contributed by atoms with Gasteiger partial charge in [-0.15, -0.1) is 0 Å². The van der Waals surface area contributed by atoms with Gasteiger partial charge in [0.25, 0.3) is 0 Å². The van der Waals surface area contributed by atoms with Crippen molar-refractivity contribution in [2.45, 2.75) is 30.8 Å². The molecule has 4 nitrogen and oxygen atoms in total. The smallest absolute Gasteiger partial charge is 0.369 e. The molecule has 2 aromatic carbocycles. The molecule has 1 aliphatic heterocycles. The number of rotatable bonds is 5. The van der Waals surface area contributed by atoms with Crippen LogP contribution in [-0.4, -0.2) is 38.9 Å². The molecule has 0 aliphatic carbocycles. The fourth-order valence-electron chi connectivity index (χ4n) is 3.33. The first-order valence-corrected chi connectivity index (χ1v) is 10.7. The molecule has 28 heavy (non-hydrogen) atoms. The van der Waals surface area contributed by atoms with Crippen LogP contribution in [0.4, 0.5) is 18.9 Å². The molecular formula is C20H23F3N2O2S. The summed E-state index contributed by atoms with van der Waals surface area (Å²) < 4.78 is 65.8. The summed E-state index contributed by atoms with van der Waals surface area (Å²) >= 11 is 0. The normalized spacial score (nSPS) is 16.4. The quantitative estimate of drug-likeness (QED) is 0.740. The Morgan fingerprint density at radius 2 is 1.61 bits per heavy atom. The number of piperazine rings is 1. The molecule has 0 N–H and O–H groups in total. The maximum absolute atomic E-state index is 12.9. The third-order valence-electron chi connectivity index (χ3n) is 4.88. The Bertz CT molecular complexity index is 904. The third kappa shape index (κ3) is 4.50. The number of anilines is 1. The van der Waals surface area contributed by atoms with E-state index < -0.39 is 21.8 Å². The Morgan fingerprint density at radius 1 is 0.964 bits per heavy atom. The van der Waals surface area contributed by atoms with Crippen molar-refractivity contribution in [1.29, 1.82) is 0 Å². The van der Waals surface area contributed by atoms with Crippen molar-refractivity contribution < 1.29 is 21.6 Å². The molecule has 152 valence electrons. The van der Waals surface area contributed by atoms with Crippen LogP contribution in [0.1, 0.15) is 24.5 Å². The molecular weight excluding hydrogens is 389 g/mol. The molecule has 0 amide bonds. The average molecular weight is 412 g/mol. The predicted molar refractivity (Wildman–Crippen MR) is 103 cm³/mol. The summed E-state index contributed by atoms with van der Waals surface area (Å²) in [6.45, 7) is 3.21. The van der Waals surface area contributed by atoms with Crippen LogP contribution >= 0.6 is 0 Å². The van der Waals surface area contributed by atoms with Crippen LogP contribution in [0, 0.1) is 0 Å². The molecule has 0 aromatic heterocycles. The van der Waals surface area contributed by atoms with Crippen molar-refractivity contribution in [3.05, 3.63) is 59.7 Å². The largest absolute Gasteiger partial charge is 0.416 e. The van der Waals surface area contributed by atoms with Crippen LogP contribution in [0.25, 0.3) is 0 Å². The highest BCUT2D eigenvalue weighted by atomic mass is 32.2. The van der Waals surface area contributed by atoms with Crippen LogP contribution in [0.5, 0.6) is 0 Å². The maximum Gasteiger partial charge on any atom is 0.416 e. The molecule has 0 unspecified atom stereocenters. The number of aryl methyl sites for hydroxylation is 1. The van der Waals surface area contributed by atoms with E-state index in [9.17, 15) is 21.6 Å². The van der Waals surface area contributed by atoms with Gasteiger partial charge in [0.1, 0.15) is 0 Å². The summed E-state index contributed by atoms with van der Waals surface area (Å²) in [5, 5.41) is 0. The number of hydrogen-bond acceptors (Lipinski definition) is 3. The van der Waals surface area contributed by atoms with Crippen molar-refractivity contribution in [3.63, 3.8) is 0 Å². The van der Waals surface area contributed by atoms with Gasteiger partial charge in [0, 0.05) is 31.9 Å². The molecule has 1 fully saturated rings. The van der Waals surface area contributed by atoms with Gasteiger partial charge in [-0.25, -0.2) is 8.42 Å². The first kappa shape index (κ1) is 20.7. The molecule has 1 heterocycles. The van der Waals surface area contributed by atoms with E-state index in [2.05, 4.69) is 6.92 Å². The molecule has 2 aromatic rings. The average Bonchev–Trinajstić information content (AvgIpc) is 2.68. The van der Waals surface area contributed by atoms with Gasteiger partial charge < -0.3 is 4.90 Å². The lowest BCUT2D eigenvalue weighted by atomic mass is 10.1. The molecule has 0 saturated carbocycles. The van der Waals surface area contributed by atoms with E-state index in [0.29, 0.717) is 18.8 Å². The van der Waals surface area contributed by atoms with Gasteiger partial charge in [0.15, 0.2) is 0 Å².